The monoisotopic (exact) mass is 588 g/mol. The van der Waals surface area contributed by atoms with Crippen molar-refractivity contribution in [3.8, 4) is 11.4 Å². The molecule has 8 nitrogen and oxygen atoms in total. The van der Waals surface area contributed by atoms with Crippen LogP contribution in [0.3, 0.4) is 0 Å². The third-order valence-electron chi connectivity index (χ3n) is 10.2. The highest BCUT2D eigenvalue weighted by atomic mass is 16.2. The van der Waals surface area contributed by atoms with Gasteiger partial charge < -0.3 is 18.9 Å². The summed E-state index contributed by atoms with van der Waals surface area (Å²) in [6.07, 6.45) is 14.7. The van der Waals surface area contributed by atoms with Gasteiger partial charge in [-0.25, -0.2) is 9.97 Å². The number of aryl methyl sites for hydroxylation is 1. The number of hydrogen-bond donors (Lipinski definition) is 0. The summed E-state index contributed by atoms with van der Waals surface area (Å²) in [5, 5.41) is 0. The third kappa shape index (κ3) is 4.25. The molecule has 0 saturated heterocycles. The van der Waals surface area contributed by atoms with Crippen LogP contribution < -0.4 is 9.80 Å². The van der Waals surface area contributed by atoms with E-state index in [0.717, 1.165) is 65.3 Å². The van der Waals surface area contributed by atoms with E-state index in [1.807, 2.05) is 63.3 Å². The lowest BCUT2D eigenvalue weighted by atomic mass is 9.86. The van der Waals surface area contributed by atoms with Crippen LogP contribution in [0, 0.1) is 6.92 Å². The Morgan fingerprint density at radius 3 is 1.77 bits per heavy atom. The van der Waals surface area contributed by atoms with Crippen LogP contribution in [-0.2, 0) is 20.4 Å². The second-order valence-electron chi connectivity index (χ2n) is 14.4. The highest BCUT2D eigenvalue weighted by Crippen LogP contribution is 2.48. The molecule has 3 saturated carbocycles. The summed E-state index contributed by atoms with van der Waals surface area (Å²) in [5.74, 6) is 1.14. The van der Waals surface area contributed by atoms with Gasteiger partial charge in [-0.3, -0.25) is 9.59 Å². The second kappa shape index (κ2) is 9.40. The first kappa shape index (κ1) is 27.4. The van der Waals surface area contributed by atoms with Crippen molar-refractivity contribution in [1.82, 2.24) is 19.1 Å². The molecule has 0 radical (unpaired) electrons. The van der Waals surface area contributed by atoms with Crippen molar-refractivity contribution in [2.45, 2.75) is 102 Å². The quantitative estimate of drug-likeness (QED) is 0.267. The zero-order chi connectivity index (χ0) is 30.5. The first-order valence-corrected chi connectivity index (χ1v) is 16.1. The average Bonchev–Trinajstić information content (AvgIpc) is 3.95. The van der Waals surface area contributed by atoms with Crippen molar-refractivity contribution in [2.75, 3.05) is 9.80 Å². The average molecular weight is 589 g/mol. The molecule has 9 rings (SSSR count). The van der Waals surface area contributed by atoms with Gasteiger partial charge in [0.05, 0.1) is 40.6 Å². The SMILES string of the molecule is CC1(C)C(=O)N(C2CC2)c2cc(-n3cnc(C4CC4)c3)ccc21.Cc1cncn1-c1ccc2c(c1)N(C1CC1)C(=O)C2(C)C. The van der Waals surface area contributed by atoms with E-state index >= 15 is 0 Å². The van der Waals surface area contributed by atoms with Gasteiger partial charge in [0.1, 0.15) is 0 Å². The van der Waals surface area contributed by atoms with Gasteiger partial charge in [-0.1, -0.05) is 12.1 Å². The molecule has 4 aromatic rings. The Labute approximate surface area is 258 Å². The first-order valence-electron chi connectivity index (χ1n) is 16.1. The summed E-state index contributed by atoms with van der Waals surface area (Å²) in [7, 11) is 0. The lowest BCUT2D eigenvalue weighted by Gasteiger charge is -2.19. The fraction of sp³-hybridized carbons (Fsp3) is 0.444. The van der Waals surface area contributed by atoms with Crippen molar-refractivity contribution in [2.24, 2.45) is 0 Å². The van der Waals surface area contributed by atoms with E-state index in [-0.39, 0.29) is 11.8 Å². The van der Waals surface area contributed by atoms with E-state index in [2.05, 4.69) is 61.7 Å². The number of carbonyl (C=O) groups excluding carboxylic acids is 2. The molecule has 0 unspecified atom stereocenters. The molecular formula is C36H40N6O2. The number of rotatable bonds is 5. The van der Waals surface area contributed by atoms with Gasteiger partial charge in [-0.2, -0.15) is 0 Å². The molecule has 2 aromatic heterocycles. The predicted octanol–water partition coefficient (Wildman–Crippen LogP) is 6.50. The van der Waals surface area contributed by atoms with Gasteiger partial charge in [0, 0.05) is 47.5 Å². The minimum atomic E-state index is -0.416. The van der Waals surface area contributed by atoms with Gasteiger partial charge in [0.2, 0.25) is 11.8 Å². The van der Waals surface area contributed by atoms with Crippen molar-refractivity contribution < 1.29 is 9.59 Å². The largest absolute Gasteiger partial charge is 0.308 e. The Morgan fingerprint density at radius 2 is 1.27 bits per heavy atom. The standard InChI is InChI=1S/C19H21N3O.C17H19N3O/c1-19(2)15-8-7-14(21-10-16(20-11-21)12-3-4-12)9-17(15)22(18(19)23)13-5-6-13;1-11-9-18-10-19(11)13-6-7-14-15(8-13)20(12-4-5-12)16(21)17(14,2)3/h7-13H,3-6H2,1-2H3;6-10,12H,4-5H2,1-3H3. The number of fused-ring (bicyclic) bond motifs is 2. The van der Waals surface area contributed by atoms with Gasteiger partial charge in [0.25, 0.3) is 0 Å². The molecular weight excluding hydrogens is 548 g/mol. The number of aromatic nitrogens is 4. The molecule has 0 atom stereocenters. The number of nitrogens with zero attached hydrogens (tertiary/aromatic N) is 6. The van der Waals surface area contributed by atoms with Crippen LogP contribution in [-0.4, -0.2) is 43.0 Å². The summed E-state index contributed by atoms with van der Waals surface area (Å²) in [6, 6.07) is 13.5. The maximum absolute atomic E-state index is 12.8. The highest BCUT2D eigenvalue weighted by Gasteiger charge is 2.50. The Hall–Kier alpha value is -4.20. The third-order valence-corrected chi connectivity index (χ3v) is 10.2. The molecule has 5 aliphatic rings. The van der Waals surface area contributed by atoms with Crippen LogP contribution in [0.4, 0.5) is 11.4 Å². The predicted molar refractivity (Wildman–Crippen MR) is 171 cm³/mol. The number of carbonyl (C=O) groups is 2. The van der Waals surface area contributed by atoms with Crippen molar-refractivity contribution >= 4 is 23.2 Å². The normalized spacial score (nSPS) is 21.3. The van der Waals surface area contributed by atoms with Crippen LogP contribution in [0.1, 0.15) is 94.7 Å². The topological polar surface area (TPSA) is 76.3 Å². The zero-order valence-corrected chi connectivity index (χ0v) is 26.2. The molecule has 2 amide bonds. The Balaban J connectivity index is 0.000000132. The molecule has 0 spiro atoms. The Bertz CT molecular complexity index is 1820. The van der Waals surface area contributed by atoms with E-state index in [4.69, 9.17) is 0 Å². The van der Waals surface area contributed by atoms with E-state index in [1.54, 1.807) is 0 Å². The fourth-order valence-corrected chi connectivity index (χ4v) is 6.95. The summed E-state index contributed by atoms with van der Waals surface area (Å²) in [6.45, 7) is 10.2. The van der Waals surface area contributed by atoms with E-state index in [1.165, 1.54) is 18.5 Å². The lowest BCUT2D eigenvalue weighted by Crippen LogP contribution is -2.37. The van der Waals surface area contributed by atoms with Crippen LogP contribution in [0.25, 0.3) is 11.4 Å². The van der Waals surface area contributed by atoms with Crippen LogP contribution >= 0.6 is 0 Å². The van der Waals surface area contributed by atoms with Crippen molar-refractivity contribution in [1.29, 1.82) is 0 Å². The number of imidazole rings is 2. The summed E-state index contributed by atoms with van der Waals surface area (Å²) in [5.41, 5.74) is 8.10. The molecule has 0 bridgehead atoms. The maximum Gasteiger partial charge on any atom is 0.237 e. The van der Waals surface area contributed by atoms with Crippen LogP contribution in [0.15, 0.2) is 61.4 Å². The van der Waals surface area contributed by atoms with Crippen molar-refractivity contribution in [3.05, 3.63) is 84.0 Å². The van der Waals surface area contributed by atoms with Gasteiger partial charge in [0.15, 0.2) is 0 Å². The molecule has 3 aliphatic carbocycles. The summed E-state index contributed by atoms with van der Waals surface area (Å²) >= 11 is 0. The summed E-state index contributed by atoms with van der Waals surface area (Å²) in [4.78, 5) is 38.3. The molecule has 4 heterocycles. The Kier molecular flexibility index (Phi) is 5.84. The number of benzene rings is 2. The lowest BCUT2D eigenvalue weighted by molar-refractivity contribution is -0.122. The molecule has 2 aromatic carbocycles. The molecule has 2 aliphatic heterocycles. The minimum Gasteiger partial charge on any atom is -0.308 e. The van der Waals surface area contributed by atoms with Gasteiger partial charge >= 0.3 is 0 Å². The van der Waals surface area contributed by atoms with E-state index in [0.29, 0.717) is 18.0 Å². The van der Waals surface area contributed by atoms with E-state index in [9.17, 15) is 9.59 Å². The molecule has 226 valence electrons. The van der Waals surface area contributed by atoms with Gasteiger partial charge in [-0.05, 0) is 109 Å². The molecule has 3 fully saturated rings. The van der Waals surface area contributed by atoms with Gasteiger partial charge in [-0.15, -0.1) is 0 Å². The smallest absolute Gasteiger partial charge is 0.237 e. The summed E-state index contributed by atoms with van der Waals surface area (Å²) < 4.78 is 4.15. The number of amides is 2. The van der Waals surface area contributed by atoms with Crippen molar-refractivity contribution in [3.63, 3.8) is 0 Å². The first-order chi connectivity index (χ1) is 21.1. The van der Waals surface area contributed by atoms with Crippen LogP contribution in [0.2, 0.25) is 0 Å². The Morgan fingerprint density at radius 1 is 0.727 bits per heavy atom. The van der Waals surface area contributed by atoms with E-state index < -0.39 is 10.8 Å². The number of hydrogen-bond acceptors (Lipinski definition) is 4. The maximum atomic E-state index is 12.8. The highest BCUT2D eigenvalue weighted by molar-refractivity contribution is 6.09. The second-order valence-corrected chi connectivity index (χ2v) is 14.4. The molecule has 0 N–H and O–H groups in total. The zero-order valence-electron chi connectivity index (χ0n) is 26.2. The fourth-order valence-electron chi connectivity index (χ4n) is 6.95. The number of anilines is 2. The van der Waals surface area contributed by atoms with Crippen LogP contribution in [0.5, 0.6) is 0 Å². The molecule has 8 heteroatoms. The molecule has 44 heavy (non-hydrogen) atoms. The minimum absolute atomic E-state index is 0.236.